The Morgan fingerprint density at radius 1 is 1.35 bits per heavy atom. The van der Waals surface area contributed by atoms with Crippen LogP contribution in [0.2, 0.25) is 0 Å². The third kappa shape index (κ3) is 5.80. The van der Waals surface area contributed by atoms with E-state index in [9.17, 15) is 4.79 Å². The first kappa shape index (κ1) is 18.7. The minimum atomic E-state index is -0.412. The van der Waals surface area contributed by atoms with Gasteiger partial charge in [-0.25, -0.2) is 0 Å². The van der Waals surface area contributed by atoms with E-state index in [0.717, 1.165) is 23.3 Å². The molecule has 1 aromatic rings. The summed E-state index contributed by atoms with van der Waals surface area (Å²) in [5.41, 5.74) is 7.93. The molecule has 0 bridgehead atoms. The van der Waals surface area contributed by atoms with Gasteiger partial charge in [-0.1, -0.05) is 31.5 Å². The minimum absolute atomic E-state index is 0. The van der Waals surface area contributed by atoms with Crippen LogP contribution in [0, 0.1) is 13.8 Å². The molecule has 1 atom stereocenters. The number of ether oxygens (including phenoxy) is 1. The Kier molecular flexibility index (Phi) is 9.01. The van der Waals surface area contributed by atoms with Crippen molar-refractivity contribution >= 4 is 18.3 Å². The number of hydrogen-bond donors (Lipinski definition) is 2. The van der Waals surface area contributed by atoms with E-state index in [2.05, 4.69) is 5.32 Å². The monoisotopic (exact) mass is 300 g/mol. The Balaban J connectivity index is 0.00000361. The first-order chi connectivity index (χ1) is 9.06. The fourth-order valence-corrected chi connectivity index (χ4v) is 1.93. The number of benzene rings is 1. The molecule has 20 heavy (non-hydrogen) atoms. The molecule has 1 aromatic carbocycles. The van der Waals surface area contributed by atoms with Gasteiger partial charge in [0.1, 0.15) is 12.4 Å². The number of nitrogens with one attached hydrogen (secondary N) is 1. The maximum absolute atomic E-state index is 11.6. The van der Waals surface area contributed by atoms with Crippen LogP contribution in [0.3, 0.4) is 0 Å². The minimum Gasteiger partial charge on any atom is -0.491 e. The number of rotatable bonds is 7. The van der Waals surface area contributed by atoms with Gasteiger partial charge < -0.3 is 15.8 Å². The van der Waals surface area contributed by atoms with Gasteiger partial charge in [-0.2, -0.15) is 0 Å². The molecule has 0 spiro atoms. The highest BCUT2D eigenvalue weighted by Gasteiger charge is 2.11. The van der Waals surface area contributed by atoms with Gasteiger partial charge >= 0.3 is 0 Å². The number of para-hydroxylation sites is 1. The smallest absolute Gasteiger partial charge is 0.237 e. The van der Waals surface area contributed by atoms with Crippen molar-refractivity contribution in [1.82, 2.24) is 5.32 Å². The lowest BCUT2D eigenvalue weighted by Crippen LogP contribution is -2.41. The zero-order valence-electron chi connectivity index (χ0n) is 12.4. The first-order valence-electron chi connectivity index (χ1n) is 6.78. The van der Waals surface area contributed by atoms with E-state index in [0.29, 0.717) is 19.6 Å². The summed E-state index contributed by atoms with van der Waals surface area (Å²) in [6.45, 7) is 6.97. The second kappa shape index (κ2) is 9.61. The second-order valence-electron chi connectivity index (χ2n) is 4.76. The number of amides is 1. The summed E-state index contributed by atoms with van der Waals surface area (Å²) in [6.07, 6.45) is 1.62. The molecule has 1 rings (SSSR count). The fourth-order valence-electron chi connectivity index (χ4n) is 1.93. The van der Waals surface area contributed by atoms with Crippen molar-refractivity contribution in [1.29, 1.82) is 0 Å². The number of carbonyl (C=O) groups is 1. The van der Waals surface area contributed by atoms with Gasteiger partial charge in [0.25, 0.3) is 0 Å². The molecule has 0 heterocycles. The summed E-state index contributed by atoms with van der Waals surface area (Å²) in [4.78, 5) is 11.6. The van der Waals surface area contributed by atoms with Crippen LogP contribution in [-0.4, -0.2) is 25.1 Å². The van der Waals surface area contributed by atoms with E-state index in [-0.39, 0.29) is 18.3 Å². The van der Waals surface area contributed by atoms with Crippen molar-refractivity contribution in [3.8, 4) is 5.75 Å². The molecule has 1 amide bonds. The maximum atomic E-state index is 11.6. The van der Waals surface area contributed by atoms with E-state index in [1.807, 2.05) is 39.0 Å². The zero-order valence-corrected chi connectivity index (χ0v) is 13.3. The summed E-state index contributed by atoms with van der Waals surface area (Å²) < 4.78 is 5.70. The topological polar surface area (TPSA) is 64.4 Å². The average Bonchev–Trinajstić information content (AvgIpc) is 2.37. The molecule has 0 saturated heterocycles. The standard InChI is InChI=1S/C15H24N2O2.ClH/c1-4-6-13(16)15(18)17-9-10-19-14-11(2)7-5-8-12(14)3;/h5,7-8,13H,4,6,9-10,16H2,1-3H3,(H,17,18);1H. The van der Waals surface area contributed by atoms with Gasteiger partial charge in [-0.3, -0.25) is 4.79 Å². The fraction of sp³-hybridized carbons (Fsp3) is 0.533. The lowest BCUT2D eigenvalue weighted by molar-refractivity contribution is -0.122. The molecule has 0 radical (unpaired) electrons. The van der Waals surface area contributed by atoms with Gasteiger partial charge in [0, 0.05) is 0 Å². The quantitative estimate of drug-likeness (QED) is 0.760. The van der Waals surface area contributed by atoms with E-state index in [1.54, 1.807) is 0 Å². The number of halogens is 1. The third-order valence-corrected chi connectivity index (χ3v) is 2.99. The van der Waals surface area contributed by atoms with Crippen LogP contribution in [0.4, 0.5) is 0 Å². The summed E-state index contributed by atoms with van der Waals surface area (Å²) >= 11 is 0. The van der Waals surface area contributed by atoms with Crippen LogP contribution in [-0.2, 0) is 4.79 Å². The zero-order chi connectivity index (χ0) is 14.3. The summed E-state index contributed by atoms with van der Waals surface area (Å²) in [6, 6.07) is 5.62. The van der Waals surface area contributed by atoms with Crippen LogP contribution in [0.25, 0.3) is 0 Å². The average molecular weight is 301 g/mol. The predicted octanol–water partition coefficient (Wildman–Crippen LogP) is 2.35. The van der Waals surface area contributed by atoms with Crippen molar-refractivity contribution < 1.29 is 9.53 Å². The molecule has 3 N–H and O–H groups in total. The Morgan fingerprint density at radius 2 is 1.95 bits per heavy atom. The van der Waals surface area contributed by atoms with Crippen molar-refractivity contribution in [2.75, 3.05) is 13.2 Å². The van der Waals surface area contributed by atoms with Crippen LogP contribution in [0.5, 0.6) is 5.75 Å². The highest BCUT2D eigenvalue weighted by atomic mass is 35.5. The summed E-state index contributed by atoms with van der Waals surface area (Å²) in [7, 11) is 0. The Bertz CT molecular complexity index is 404. The lowest BCUT2D eigenvalue weighted by Gasteiger charge is -2.14. The highest BCUT2D eigenvalue weighted by Crippen LogP contribution is 2.21. The van der Waals surface area contributed by atoms with Gasteiger partial charge in [0.2, 0.25) is 5.91 Å². The number of nitrogens with two attached hydrogens (primary N) is 1. The second-order valence-corrected chi connectivity index (χ2v) is 4.76. The van der Waals surface area contributed by atoms with Crippen molar-refractivity contribution in [2.45, 2.75) is 39.7 Å². The van der Waals surface area contributed by atoms with Gasteiger partial charge in [0.05, 0.1) is 12.6 Å². The van der Waals surface area contributed by atoms with E-state index < -0.39 is 6.04 Å². The molecular formula is C15H25ClN2O2. The summed E-state index contributed by atoms with van der Waals surface area (Å²) in [5, 5.41) is 2.79. The van der Waals surface area contributed by atoms with Crippen molar-refractivity contribution in [2.24, 2.45) is 5.73 Å². The van der Waals surface area contributed by atoms with E-state index >= 15 is 0 Å². The maximum Gasteiger partial charge on any atom is 0.237 e. The summed E-state index contributed by atoms with van der Waals surface area (Å²) in [5.74, 6) is 0.793. The molecule has 4 nitrogen and oxygen atoms in total. The van der Waals surface area contributed by atoms with Crippen LogP contribution in [0.15, 0.2) is 18.2 Å². The molecule has 0 aliphatic rings. The third-order valence-electron chi connectivity index (χ3n) is 2.99. The Morgan fingerprint density at radius 3 is 2.50 bits per heavy atom. The normalized spacial score (nSPS) is 11.4. The van der Waals surface area contributed by atoms with Crippen molar-refractivity contribution in [3.63, 3.8) is 0 Å². The van der Waals surface area contributed by atoms with Gasteiger partial charge in [-0.15, -0.1) is 12.4 Å². The number of aryl methyl sites for hydroxylation is 2. The van der Waals surface area contributed by atoms with Crippen LogP contribution in [0.1, 0.15) is 30.9 Å². The molecule has 0 fully saturated rings. The van der Waals surface area contributed by atoms with E-state index in [1.165, 1.54) is 0 Å². The van der Waals surface area contributed by atoms with Gasteiger partial charge in [0.15, 0.2) is 0 Å². The largest absolute Gasteiger partial charge is 0.491 e. The van der Waals surface area contributed by atoms with E-state index in [4.69, 9.17) is 10.5 Å². The Hall–Kier alpha value is -1.26. The Labute approximate surface area is 127 Å². The molecule has 1 unspecified atom stereocenters. The molecule has 0 saturated carbocycles. The molecule has 0 aromatic heterocycles. The molecule has 114 valence electrons. The molecule has 5 heteroatoms. The van der Waals surface area contributed by atoms with Crippen LogP contribution < -0.4 is 15.8 Å². The van der Waals surface area contributed by atoms with Gasteiger partial charge in [-0.05, 0) is 31.4 Å². The van der Waals surface area contributed by atoms with Crippen LogP contribution >= 0.6 is 12.4 Å². The lowest BCUT2D eigenvalue weighted by atomic mass is 10.1. The highest BCUT2D eigenvalue weighted by molar-refractivity contribution is 5.85. The number of hydrogen-bond acceptors (Lipinski definition) is 3. The first-order valence-corrected chi connectivity index (χ1v) is 6.78. The molecule has 0 aliphatic heterocycles. The molecular weight excluding hydrogens is 276 g/mol. The predicted molar refractivity (Wildman–Crippen MR) is 84.6 cm³/mol. The number of carbonyl (C=O) groups excluding carboxylic acids is 1. The molecule has 0 aliphatic carbocycles. The van der Waals surface area contributed by atoms with Crippen molar-refractivity contribution in [3.05, 3.63) is 29.3 Å². The SMILES string of the molecule is CCCC(N)C(=O)NCCOc1c(C)cccc1C.Cl.